The molecule has 1 aromatic rings. The number of rotatable bonds is 3. The first kappa shape index (κ1) is 13.9. The van der Waals surface area contributed by atoms with Crippen molar-refractivity contribution in [1.82, 2.24) is 10.6 Å². The summed E-state index contributed by atoms with van der Waals surface area (Å²) in [6.07, 6.45) is 1.54. The van der Waals surface area contributed by atoms with E-state index >= 15 is 0 Å². The van der Waals surface area contributed by atoms with Crippen molar-refractivity contribution in [3.63, 3.8) is 0 Å². The number of hydrogen-bond acceptors (Lipinski definition) is 5. The van der Waals surface area contributed by atoms with Crippen LogP contribution in [0.15, 0.2) is 23.9 Å². The smallest absolute Gasteiger partial charge is 0.273 e. The lowest BCUT2D eigenvalue weighted by molar-refractivity contribution is -0.384. The highest BCUT2D eigenvalue weighted by Crippen LogP contribution is 2.26. The van der Waals surface area contributed by atoms with E-state index in [0.29, 0.717) is 5.56 Å². The second-order valence-corrected chi connectivity index (χ2v) is 4.77. The molecule has 7 nitrogen and oxygen atoms in total. The lowest BCUT2D eigenvalue weighted by atomic mass is 10.1. The molecule has 1 heterocycles. The van der Waals surface area contributed by atoms with Crippen molar-refractivity contribution < 1.29 is 9.72 Å². The zero-order valence-corrected chi connectivity index (χ0v) is 11.7. The summed E-state index contributed by atoms with van der Waals surface area (Å²) in [7, 11) is 3.63. The van der Waals surface area contributed by atoms with Crippen molar-refractivity contribution in [3.05, 3.63) is 39.6 Å². The number of nitrogens with zero attached hydrogens (tertiary/aromatic N) is 2. The van der Waals surface area contributed by atoms with E-state index in [1.54, 1.807) is 11.0 Å². The van der Waals surface area contributed by atoms with Gasteiger partial charge < -0.3 is 10.2 Å². The third-order valence-corrected chi connectivity index (χ3v) is 2.93. The molecule has 1 saturated heterocycles. The number of amides is 1. The molecule has 104 valence electrons. The molecule has 0 unspecified atom stereocenters. The number of non-ortho nitro benzene ring substituents is 1. The van der Waals surface area contributed by atoms with Gasteiger partial charge in [0.15, 0.2) is 5.11 Å². The summed E-state index contributed by atoms with van der Waals surface area (Å²) < 4.78 is 0. The van der Waals surface area contributed by atoms with Gasteiger partial charge in [-0.05, 0) is 24.4 Å². The van der Waals surface area contributed by atoms with E-state index in [-0.39, 0.29) is 22.4 Å². The Balaban J connectivity index is 2.50. The lowest BCUT2D eigenvalue weighted by Gasteiger charge is -2.15. The van der Waals surface area contributed by atoms with Crippen LogP contribution in [0.5, 0.6) is 0 Å². The summed E-state index contributed by atoms with van der Waals surface area (Å²) in [5, 5.41) is 16.2. The maximum Gasteiger partial charge on any atom is 0.273 e. The van der Waals surface area contributed by atoms with Gasteiger partial charge in [-0.1, -0.05) is 0 Å². The summed E-state index contributed by atoms with van der Waals surface area (Å²) in [5.41, 5.74) is 1.55. The monoisotopic (exact) mass is 292 g/mol. The summed E-state index contributed by atoms with van der Waals surface area (Å²) in [5.74, 6) is -0.355. The van der Waals surface area contributed by atoms with Crippen LogP contribution >= 0.6 is 12.2 Å². The predicted molar refractivity (Wildman–Crippen MR) is 79.3 cm³/mol. The van der Waals surface area contributed by atoms with Gasteiger partial charge in [0, 0.05) is 37.5 Å². The summed E-state index contributed by atoms with van der Waals surface area (Å²) in [4.78, 5) is 23.8. The number of nitro groups is 1. The molecular weight excluding hydrogens is 280 g/mol. The Morgan fingerprint density at radius 2 is 2.05 bits per heavy atom. The molecule has 20 heavy (non-hydrogen) atoms. The first-order chi connectivity index (χ1) is 9.38. The van der Waals surface area contributed by atoms with E-state index in [4.69, 9.17) is 12.2 Å². The molecule has 1 aromatic carbocycles. The topological polar surface area (TPSA) is 87.5 Å². The lowest BCUT2D eigenvalue weighted by Crippen LogP contribution is -2.21. The molecule has 0 aliphatic carbocycles. The first-order valence-corrected chi connectivity index (χ1v) is 6.09. The average molecular weight is 292 g/mol. The van der Waals surface area contributed by atoms with Gasteiger partial charge in [0.25, 0.3) is 11.6 Å². The Morgan fingerprint density at radius 3 is 2.55 bits per heavy atom. The fourth-order valence-electron chi connectivity index (χ4n) is 1.82. The van der Waals surface area contributed by atoms with Crippen LogP contribution in [0, 0.1) is 10.1 Å². The van der Waals surface area contributed by atoms with Gasteiger partial charge in [-0.25, -0.2) is 0 Å². The highest BCUT2D eigenvalue weighted by atomic mass is 32.1. The number of anilines is 1. The molecule has 0 radical (unpaired) electrons. The Hall–Kier alpha value is -2.48. The van der Waals surface area contributed by atoms with Crippen LogP contribution in [0.3, 0.4) is 0 Å². The minimum Gasteiger partial charge on any atom is -0.377 e. The minimum atomic E-state index is -0.478. The van der Waals surface area contributed by atoms with E-state index in [0.717, 1.165) is 5.69 Å². The molecule has 2 N–H and O–H groups in total. The molecular formula is C12H12N4O3S. The van der Waals surface area contributed by atoms with Gasteiger partial charge in [0.05, 0.1) is 4.92 Å². The minimum absolute atomic E-state index is 0.0385. The van der Waals surface area contributed by atoms with Gasteiger partial charge in [-0.15, -0.1) is 0 Å². The Kier molecular flexibility index (Phi) is 3.66. The molecule has 0 aromatic heterocycles. The molecule has 1 amide bonds. The number of benzene rings is 1. The standard InChI is InChI=1S/C12H12N4O3S/c1-15(2)10-4-3-8(16(18)19)5-7(10)6-9-11(17)14-12(20)13-9/h3-6H,1-2H3,(H2,13,14,17,20)/b9-6+. The van der Waals surface area contributed by atoms with Crippen molar-refractivity contribution in [2.45, 2.75) is 0 Å². The molecule has 0 bridgehead atoms. The predicted octanol–water partition coefficient (Wildman–Crippen LogP) is 1.01. The van der Waals surface area contributed by atoms with Crippen LogP contribution in [-0.2, 0) is 4.79 Å². The van der Waals surface area contributed by atoms with Gasteiger partial charge in [-0.2, -0.15) is 0 Å². The summed E-state index contributed by atoms with van der Waals surface area (Å²) in [6.45, 7) is 0. The number of nitrogens with one attached hydrogen (secondary N) is 2. The number of carbonyl (C=O) groups excluding carboxylic acids is 1. The fourth-order valence-corrected chi connectivity index (χ4v) is 2.02. The van der Waals surface area contributed by atoms with E-state index in [9.17, 15) is 14.9 Å². The molecule has 1 aliphatic heterocycles. The van der Waals surface area contributed by atoms with Crippen LogP contribution in [0.1, 0.15) is 5.56 Å². The van der Waals surface area contributed by atoms with Crippen molar-refractivity contribution in [2.75, 3.05) is 19.0 Å². The van der Waals surface area contributed by atoms with Crippen LogP contribution in [-0.4, -0.2) is 30.0 Å². The van der Waals surface area contributed by atoms with Crippen molar-refractivity contribution >= 4 is 40.7 Å². The van der Waals surface area contributed by atoms with Crippen LogP contribution in [0.4, 0.5) is 11.4 Å². The zero-order valence-electron chi connectivity index (χ0n) is 10.8. The number of thiocarbonyl (C=S) groups is 1. The fraction of sp³-hybridized carbons (Fsp3) is 0.167. The van der Waals surface area contributed by atoms with Crippen molar-refractivity contribution in [3.8, 4) is 0 Å². The van der Waals surface area contributed by atoms with Gasteiger partial charge in [-0.3, -0.25) is 20.2 Å². The molecule has 0 saturated carbocycles. The van der Waals surface area contributed by atoms with E-state index in [1.807, 2.05) is 14.1 Å². The summed E-state index contributed by atoms with van der Waals surface area (Å²) >= 11 is 4.84. The Bertz CT molecular complexity index is 640. The van der Waals surface area contributed by atoms with Gasteiger partial charge >= 0.3 is 0 Å². The maximum atomic E-state index is 11.6. The molecule has 0 spiro atoms. The number of nitro benzene ring substituents is 1. The van der Waals surface area contributed by atoms with Gasteiger partial charge in [0.2, 0.25) is 0 Å². The molecule has 1 aliphatic rings. The molecule has 1 fully saturated rings. The second kappa shape index (κ2) is 5.25. The molecule has 8 heteroatoms. The van der Waals surface area contributed by atoms with Gasteiger partial charge in [0.1, 0.15) is 5.70 Å². The summed E-state index contributed by atoms with van der Waals surface area (Å²) in [6, 6.07) is 4.47. The maximum absolute atomic E-state index is 11.6. The highest BCUT2D eigenvalue weighted by molar-refractivity contribution is 7.80. The Morgan fingerprint density at radius 1 is 1.35 bits per heavy atom. The quantitative estimate of drug-likeness (QED) is 0.374. The van der Waals surface area contributed by atoms with Crippen LogP contribution in [0.25, 0.3) is 6.08 Å². The van der Waals surface area contributed by atoms with Crippen LogP contribution < -0.4 is 15.5 Å². The van der Waals surface area contributed by atoms with E-state index in [2.05, 4.69) is 10.6 Å². The number of carbonyl (C=O) groups is 1. The third-order valence-electron chi connectivity index (χ3n) is 2.72. The normalized spacial score (nSPS) is 16.0. The highest BCUT2D eigenvalue weighted by Gasteiger charge is 2.21. The van der Waals surface area contributed by atoms with Crippen LogP contribution in [0.2, 0.25) is 0 Å². The third kappa shape index (κ3) is 2.75. The molecule has 0 atom stereocenters. The number of hydrogen-bond donors (Lipinski definition) is 2. The zero-order chi connectivity index (χ0) is 14.9. The van der Waals surface area contributed by atoms with Crippen molar-refractivity contribution in [2.24, 2.45) is 0 Å². The Labute approximate surface area is 120 Å². The molecule has 2 rings (SSSR count). The van der Waals surface area contributed by atoms with E-state index in [1.165, 1.54) is 18.2 Å². The largest absolute Gasteiger partial charge is 0.377 e. The second-order valence-electron chi connectivity index (χ2n) is 4.36. The van der Waals surface area contributed by atoms with Crippen molar-refractivity contribution in [1.29, 1.82) is 0 Å². The first-order valence-electron chi connectivity index (χ1n) is 5.68. The van der Waals surface area contributed by atoms with E-state index < -0.39 is 4.92 Å². The SMILES string of the molecule is CN(C)c1ccc([N+](=O)[O-])cc1/C=C1/NC(=S)NC1=O. The average Bonchev–Trinajstić information content (AvgIpc) is 2.67.